The van der Waals surface area contributed by atoms with Crippen molar-refractivity contribution >= 4 is 17.1 Å². The van der Waals surface area contributed by atoms with Gasteiger partial charge in [-0.05, 0) is 31.5 Å². The second-order valence-electron chi connectivity index (χ2n) is 4.13. The summed E-state index contributed by atoms with van der Waals surface area (Å²) >= 11 is 0. The van der Waals surface area contributed by atoms with Crippen molar-refractivity contribution in [3.8, 4) is 0 Å². The number of nitrogens with zero attached hydrogens (tertiary/aromatic N) is 1. The van der Waals surface area contributed by atoms with Crippen LogP contribution >= 0.6 is 0 Å². The molecule has 0 aliphatic carbocycles. The number of benzene rings is 1. The Morgan fingerprint density at radius 1 is 1.38 bits per heavy atom. The largest absolute Gasteiger partial charge is 0.424 e. The van der Waals surface area contributed by atoms with Gasteiger partial charge in [-0.3, -0.25) is 0 Å². The van der Waals surface area contributed by atoms with Gasteiger partial charge in [0.2, 0.25) is 0 Å². The van der Waals surface area contributed by atoms with Gasteiger partial charge in [0.1, 0.15) is 5.52 Å². The number of fused-ring (bicyclic) bond motifs is 1. The monoisotopic (exact) mass is 219 g/mol. The van der Waals surface area contributed by atoms with Gasteiger partial charge < -0.3 is 15.5 Å². The van der Waals surface area contributed by atoms with Gasteiger partial charge in [0, 0.05) is 6.04 Å². The Labute approximate surface area is 94.8 Å². The van der Waals surface area contributed by atoms with E-state index in [-0.39, 0.29) is 6.04 Å². The van der Waals surface area contributed by atoms with Gasteiger partial charge in [-0.1, -0.05) is 19.1 Å². The number of oxazole rings is 1. The molecule has 2 unspecified atom stereocenters. The molecule has 0 aliphatic heterocycles. The van der Waals surface area contributed by atoms with Gasteiger partial charge in [0.25, 0.3) is 6.01 Å². The maximum atomic E-state index is 5.61. The summed E-state index contributed by atoms with van der Waals surface area (Å²) in [5.74, 6) is 0.384. The van der Waals surface area contributed by atoms with Crippen molar-refractivity contribution in [3.05, 3.63) is 24.3 Å². The first-order valence-corrected chi connectivity index (χ1v) is 5.53. The Hall–Kier alpha value is -1.55. The molecular weight excluding hydrogens is 202 g/mol. The van der Waals surface area contributed by atoms with Crippen LogP contribution in [0, 0.1) is 5.92 Å². The second kappa shape index (κ2) is 4.53. The molecule has 4 heteroatoms. The molecule has 0 saturated carbocycles. The Bertz CT molecular complexity index is 433. The third kappa shape index (κ3) is 2.17. The number of anilines is 1. The molecule has 0 aliphatic rings. The number of nitrogens with two attached hydrogens (primary N) is 1. The average Bonchev–Trinajstić information content (AvgIpc) is 2.69. The highest BCUT2D eigenvalue weighted by molar-refractivity contribution is 5.74. The summed E-state index contributed by atoms with van der Waals surface area (Å²) in [5, 5.41) is 3.22. The molecule has 0 radical (unpaired) electrons. The van der Waals surface area contributed by atoms with Crippen LogP contribution < -0.4 is 11.1 Å². The lowest BCUT2D eigenvalue weighted by Crippen LogP contribution is -2.29. The minimum Gasteiger partial charge on any atom is -0.424 e. The van der Waals surface area contributed by atoms with E-state index in [1.807, 2.05) is 24.3 Å². The number of hydrogen-bond donors (Lipinski definition) is 2. The summed E-state index contributed by atoms with van der Waals surface area (Å²) in [7, 11) is 0. The summed E-state index contributed by atoms with van der Waals surface area (Å²) in [6.45, 7) is 4.82. The van der Waals surface area contributed by atoms with Crippen molar-refractivity contribution in [2.75, 3.05) is 11.9 Å². The second-order valence-corrected chi connectivity index (χ2v) is 4.13. The Balaban J connectivity index is 2.15. The summed E-state index contributed by atoms with van der Waals surface area (Å²) in [4.78, 5) is 4.35. The smallest absolute Gasteiger partial charge is 0.295 e. The molecule has 1 heterocycles. The van der Waals surface area contributed by atoms with E-state index >= 15 is 0 Å². The van der Waals surface area contributed by atoms with Crippen LogP contribution in [0.3, 0.4) is 0 Å². The number of aromatic nitrogens is 1. The van der Waals surface area contributed by atoms with Crippen LogP contribution in [0.2, 0.25) is 0 Å². The topological polar surface area (TPSA) is 64.1 Å². The van der Waals surface area contributed by atoms with E-state index in [0.717, 1.165) is 11.1 Å². The van der Waals surface area contributed by atoms with E-state index in [0.29, 0.717) is 18.5 Å². The molecule has 0 saturated heterocycles. The Morgan fingerprint density at radius 2 is 2.12 bits per heavy atom. The molecule has 1 aromatic heterocycles. The van der Waals surface area contributed by atoms with Crippen molar-refractivity contribution in [1.82, 2.24) is 4.98 Å². The SMILES string of the molecule is CC(CN)C(C)Nc1nc2ccccc2o1. The van der Waals surface area contributed by atoms with E-state index in [4.69, 9.17) is 10.2 Å². The van der Waals surface area contributed by atoms with Gasteiger partial charge in [0.15, 0.2) is 5.58 Å². The predicted molar refractivity (Wildman–Crippen MR) is 65.3 cm³/mol. The Kier molecular flexibility index (Phi) is 3.10. The third-order valence-corrected chi connectivity index (χ3v) is 2.87. The maximum Gasteiger partial charge on any atom is 0.295 e. The van der Waals surface area contributed by atoms with Gasteiger partial charge in [-0.2, -0.15) is 4.98 Å². The highest BCUT2D eigenvalue weighted by Gasteiger charge is 2.13. The van der Waals surface area contributed by atoms with Gasteiger partial charge in [-0.15, -0.1) is 0 Å². The quantitative estimate of drug-likeness (QED) is 0.827. The lowest BCUT2D eigenvalue weighted by Gasteiger charge is -2.17. The van der Waals surface area contributed by atoms with Crippen LogP contribution in [0.4, 0.5) is 6.01 Å². The average molecular weight is 219 g/mol. The highest BCUT2D eigenvalue weighted by Crippen LogP contribution is 2.19. The van der Waals surface area contributed by atoms with Crippen molar-refractivity contribution in [2.24, 2.45) is 11.7 Å². The zero-order chi connectivity index (χ0) is 11.5. The first-order valence-electron chi connectivity index (χ1n) is 5.53. The maximum absolute atomic E-state index is 5.61. The van der Waals surface area contributed by atoms with Crippen molar-refractivity contribution in [1.29, 1.82) is 0 Å². The number of rotatable bonds is 4. The Morgan fingerprint density at radius 3 is 2.81 bits per heavy atom. The lowest BCUT2D eigenvalue weighted by molar-refractivity contribution is 0.500. The first-order chi connectivity index (χ1) is 7.70. The number of hydrogen-bond acceptors (Lipinski definition) is 4. The summed E-state index contributed by atoms with van der Waals surface area (Å²) < 4.78 is 5.57. The van der Waals surface area contributed by atoms with Crippen LogP contribution in [0.25, 0.3) is 11.1 Å². The molecule has 0 fully saturated rings. The molecule has 3 N–H and O–H groups in total. The molecule has 0 amide bonds. The molecule has 16 heavy (non-hydrogen) atoms. The number of nitrogens with one attached hydrogen (secondary N) is 1. The molecule has 4 nitrogen and oxygen atoms in total. The van der Waals surface area contributed by atoms with Crippen LogP contribution in [-0.4, -0.2) is 17.6 Å². The molecule has 2 rings (SSSR count). The third-order valence-electron chi connectivity index (χ3n) is 2.87. The van der Waals surface area contributed by atoms with Gasteiger partial charge in [-0.25, -0.2) is 0 Å². The van der Waals surface area contributed by atoms with Crippen LogP contribution in [0.1, 0.15) is 13.8 Å². The summed E-state index contributed by atoms with van der Waals surface area (Å²) in [5.41, 5.74) is 7.29. The molecule has 0 spiro atoms. The summed E-state index contributed by atoms with van der Waals surface area (Å²) in [6, 6.07) is 8.53. The number of para-hydroxylation sites is 2. The van der Waals surface area contributed by atoms with E-state index in [9.17, 15) is 0 Å². The van der Waals surface area contributed by atoms with Crippen LogP contribution in [-0.2, 0) is 0 Å². The summed E-state index contributed by atoms with van der Waals surface area (Å²) in [6.07, 6.45) is 0. The molecule has 2 aromatic rings. The van der Waals surface area contributed by atoms with Crippen molar-refractivity contribution in [2.45, 2.75) is 19.9 Å². The fourth-order valence-corrected chi connectivity index (χ4v) is 1.48. The highest BCUT2D eigenvalue weighted by atomic mass is 16.4. The minimum absolute atomic E-state index is 0.248. The molecule has 0 bridgehead atoms. The zero-order valence-corrected chi connectivity index (χ0v) is 9.60. The lowest BCUT2D eigenvalue weighted by atomic mass is 10.1. The van der Waals surface area contributed by atoms with E-state index in [1.54, 1.807) is 0 Å². The predicted octanol–water partition coefficient (Wildman–Crippen LogP) is 2.22. The fourth-order valence-electron chi connectivity index (χ4n) is 1.48. The van der Waals surface area contributed by atoms with Crippen molar-refractivity contribution in [3.63, 3.8) is 0 Å². The first kappa shape index (κ1) is 11.0. The minimum atomic E-state index is 0.248. The van der Waals surface area contributed by atoms with E-state index in [1.165, 1.54) is 0 Å². The standard InChI is InChI=1S/C12H17N3O/c1-8(7-13)9(2)14-12-15-10-5-3-4-6-11(10)16-12/h3-6,8-9H,7,13H2,1-2H3,(H,14,15). The molecule has 86 valence electrons. The van der Waals surface area contributed by atoms with E-state index < -0.39 is 0 Å². The van der Waals surface area contributed by atoms with Gasteiger partial charge in [0.05, 0.1) is 0 Å². The molecule has 1 aromatic carbocycles. The molecular formula is C12H17N3O. The normalized spacial score (nSPS) is 14.9. The zero-order valence-electron chi connectivity index (χ0n) is 9.60. The van der Waals surface area contributed by atoms with Gasteiger partial charge >= 0.3 is 0 Å². The van der Waals surface area contributed by atoms with Crippen molar-refractivity contribution < 1.29 is 4.42 Å². The van der Waals surface area contributed by atoms with Crippen LogP contribution in [0.15, 0.2) is 28.7 Å². The fraction of sp³-hybridized carbons (Fsp3) is 0.417. The van der Waals surface area contributed by atoms with Crippen LogP contribution in [0.5, 0.6) is 0 Å². The molecule has 2 atom stereocenters. The van der Waals surface area contributed by atoms with E-state index in [2.05, 4.69) is 24.1 Å².